The van der Waals surface area contributed by atoms with Gasteiger partial charge in [-0.2, -0.15) is 0 Å². The topological polar surface area (TPSA) is 73.6 Å². The van der Waals surface area contributed by atoms with Gasteiger partial charge in [-0.25, -0.2) is 0 Å². The molecule has 1 aromatic rings. The SMILES string of the molecule is COCC(N)C(=O)NC(c1ccc(OC)cc1)C1CC1. The number of amides is 1. The molecule has 5 heteroatoms. The number of rotatable bonds is 7. The number of nitrogens with two attached hydrogens (primary N) is 1. The quantitative estimate of drug-likeness (QED) is 0.787. The van der Waals surface area contributed by atoms with Crippen LogP contribution in [-0.4, -0.2) is 32.8 Å². The van der Waals surface area contributed by atoms with Crippen molar-refractivity contribution in [3.05, 3.63) is 29.8 Å². The zero-order valence-electron chi connectivity index (χ0n) is 12.0. The molecule has 5 nitrogen and oxygen atoms in total. The van der Waals surface area contributed by atoms with Gasteiger partial charge in [-0.05, 0) is 36.5 Å². The van der Waals surface area contributed by atoms with E-state index in [1.54, 1.807) is 7.11 Å². The maximum absolute atomic E-state index is 12.0. The summed E-state index contributed by atoms with van der Waals surface area (Å²) < 4.78 is 10.1. The van der Waals surface area contributed by atoms with Crippen molar-refractivity contribution in [1.82, 2.24) is 5.32 Å². The second-order valence-corrected chi connectivity index (χ2v) is 5.16. The third-order valence-electron chi connectivity index (χ3n) is 3.55. The lowest BCUT2D eigenvalue weighted by atomic mass is 10.0. The number of carbonyl (C=O) groups is 1. The molecule has 110 valence electrons. The molecule has 1 amide bonds. The molecule has 2 rings (SSSR count). The Kier molecular flexibility index (Phi) is 4.98. The van der Waals surface area contributed by atoms with E-state index in [9.17, 15) is 4.79 Å². The lowest BCUT2D eigenvalue weighted by Crippen LogP contribution is -2.45. The van der Waals surface area contributed by atoms with E-state index in [-0.39, 0.29) is 18.6 Å². The third kappa shape index (κ3) is 3.71. The van der Waals surface area contributed by atoms with Crippen LogP contribution in [0.4, 0.5) is 0 Å². The van der Waals surface area contributed by atoms with Crippen LogP contribution in [0.15, 0.2) is 24.3 Å². The van der Waals surface area contributed by atoms with Crippen LogP contribution >= 0.6 is 0 Å². The molecule has 0 saturated heterocycles. The molecule has 1 fully saturated rings. The summed E-state index contributed by atoms with van der Waals surface area (Å²) in [6.45, 7) is 0.228. The van der Waals surface area contributed by atoms with Crippen LogP contribution < -0.4 is 15.8 Å². The van der Waals surface area contributed by atoms with Gasteiger partial charge in [-0.1, -0.05) is 12.1 Å². The first-order valence-corrected chi connectivity index (χ1v) is 6.84. The summed E-state index contributed by atoms with van der Waals surface area (Å²) in [6, 6.07) is 7.20. The minimum absolute atomic E-state index is 0.0244. The van der Waals surface area contributed by atoms with Crippen molar-refractivity contribution in [3.8, 4) is 5.75 Å². The molecule has 3 N–H and O–H groups in total. The highest BCUT2D eigenvalue weighted by Crippen LogP contribution is 2.41. The largest absolute Gasteiger partial charge is 0.497 e. The molecule has 0 heterocycles. The highest BCUT2D eigenvalue weighted by Gasteiger charge is 2.34. The maximum atomic E-state index is 12.0. The van der Waals surface area contributed by atoms with E-state index in [4.69, 9.17) is 15.2 Å². The number of ether oxygens (including phenoxy) is 2. The van der Waals surface area contributed by atoms with Gasteiger partial charge in [0.1, 0.15) is 11.8 Å². The minimum atomic E-state index is -0.625. The second-order valence-electron chi connectivity index (χ2n) is 5.16. The molecule has 20 heavy (non-hydrogen) atoms. The van der Waals surface area contributed by atoms with Crippen LogP contribution in [0.3, 0.4) is 0 Å². The van der Waals surface area contributed by atoms with Crippen LogP contribution in [0.5, 0.6) is 5.75 Å². The molecule has 2 atom stereocenters. The summed E-state index contributed by atoms with van der Waals surface area (Å²) in [5.41, 5.74) is 6.85. The van der Waals surface area contributed by atoms with Gasteiger partial charge in [0, 0.05) is 7.11 Å². The molecule has 0 aromatic heterocycles. The number of methoxy groups -OCH3 is 2. The zero-order valence-corrected chi connectivity index (χ0v) is 12.0. The van der Waals surface area contributed by atoms with Gasteiger partial charge in [-0.3, -0.25) is 4.79 Å². The molecular weight excluding hydrogens is 256 g/mol. The fourth-order valence-corrected chi connectivity index (χ4v) is 2.23. The summed E-state index contributed by atoms with van der Waals surface area (Å²) in [4.78, 5) is 12.0. The standard InChI is InChI=1S/C15H22N2O3/c1-19-9-13(16)15(18)17-14(10-3-4-10)11-5-7-12(20-2)8-6-11/h5-8,10,13-14H,3-4,9,16H2,1-2H3,(H,17,18). The van der Waals surface area contributed by atoms with Crippen LogP contribution in [0, 0.1) is 5.92 Å². The van der Waals surface area contributed by atoms with Crippen LogP contribution in [-0.2, 0) is 9.53 Å². The van der Waals surface area contributed by atoms with Gasteiger partial charge >= 0.3 is 0 Å². The molecule has 0 bridgehead atoms. The van der Waals surface area contributed by atoms with Crippen LogP contribution in [0.25, 0.3) is 0 Å². The Morgan fingerprint density at radius 3 is 2.50 bits per heavy atom. The van der Waals surface area contributed by atoms with E-state index in [2.05, 4.69) is 5.32 Å². The average molecular weight is 278 g/mol. The lowest BCUT2D eigenvalue weighted by molar-refractivity contribution is -0.124. The molecule has 1 aliphatic rings. The second kappa shape index (κ2) is 6.72. The fraction of sp³-hybridized carbons (Fsp3) is 0.533. The Morgan fingerprint density at radius 1 is 1.35 bits per heavy atom. The van der Waals surface area contributed by atoms with Gasteiger partial charge in [0.2, 0.25) is 5.91 Å². The fourth-order valence-electron chi connectivity index (χ4n) is 2.23. The Labute approximate surface area is 119 Å². The first kappa shape index (κ1) is 14.8. The molecule has 1 aliphatic carbocycles. The predicted octanol–water partition coefficient (Wildman–Crippen LogP) is 1.24. The molecular formula is C15H22N2O3. The van der Waals surface area contributed by atoms with Gasteiger partial charge in [0.25, 0.3) is 0 Å². The highest BCUT2D eigenvalue weighted by atomic mass is 16.5. The minimum Gasteiger partial charge on any atom is -0.497 e. The third-order valence-corrected chi connectivity index (χ3v) is 3.55. The summed E-state index contributed by atoms with van der Waals surface area (Å²) in [5, 5.41) is 3.03. The monoisotopic (exact) mass is 278 g/mol. The maximum Gasteiger partial charge on any atom is 0.239 e. The average Bonchev–Trinajstić information content (AvgIpc) is 3.29. The van der Waals surface area contributed by atoms with E-state index in [0.717, 1.165) is 24.2 Å². The van der Waals surface area contributed by atoms with Gasteiger partial charge in [-0.15, -0.1) is 0 Å². The summed E-state index contributed by atoms with van der Waals surface area (Å²) in [5.74, 6) is 1.15. The Hall–Kier alpha value is -1.59. The molecule has 0 radical (unpaired) electrons. The summed E-state index contributed by atoms with van der Waals surface area (Å²) in [7, 11) is 3.17. The van der Waals surface area contributed by atoms with E-state index in [0.29, 0.717) is 5.92 Å². The molecule has 1 aromatic carbocycles. The lowest BCUT2D eigenvalue weighted by Gasteiger charge is -2.21. The smallest absolute Gasteiger partial charge is 0.239 e. The van der Waals surface area contributed by atoms with E-state index < -0.39 is 6.04 Å². The van der Waals surface area contributed by atoms with Crippen LogP contribution in [0.1, 0.15) is 24.4 Å². The van der Waals surface area contributed by atoms with Crippen molar-refractivity contribution in [2.75, 3.05) is 20.8 Å². The predicted molar refractivity (Wildman–Crippen MR) is 76.5 cm³/mol. The van der Waals surface area contributed by atoms with Crippen molar-refractivity contribution < 1.29 is 14.3 Å². The first-order chi connectivity index (χ1) is 9.65. The van der Waals surface area contributed by atoms with Crippen LogP contribution in [0.2, 0.25) is 0 Å². The normalized spacial score (nSPS) is 17.4. The Bertz CT molecular complexity index is 443. The molecule has 0 aliphatic heterocycles. The number of benzene rings is 1. The Morgan fingerprint density at radius 2 is 2.00 bits per heavy atom. The van der Waals surface area contributed by atoms with E-state index in [1.807, 2.05) is 24.3 Å². The number of nitrogens with one attached hydrogen (secondary N) is 1. The molecule has 1 saturated carbocycles. The highest BCUT2D eigenvalue weighted by molar-refractivity contribution is 5.82. The molecule has 2 unspecified atom stereocenters. The number of carbonyl (C=O) groups excluding carboxylic acids is 1. The van der Waals surface area contributed by atoms with Crippen molar-refractivity contribution in [3.63, 3.8) is 0 Å². The summed E-state index contributed by atoms with van der Waals surface area (Å²) in [6.07, 6.45) is 2.27. The van der Waals surface area contributed by atoms with Gasteiger partial charge < -0.3 is 20.5 Å². The number of hydrogen-bond donors (Lipinski definition) is 2. The van der Waals surface area contributed by atoms with Crippen molar-refractivity contribution in [1.29, 1.82) is 0 Å². The number of hydrogen-bond acceptors (Lipinski definition) is 4. The van der Waals surface area contributed by atoms with Crippen molar-refractivity contribution in [2.45, 2.75) is 24.9 Å². The van der Waals surface area contributed by atoms with E-state index >= 15 is 0 Å². The summed E-state index contributed by atoms with van der Waals surface area (Å²) >= 11 is 0. The van der Waals surface area contributed by atoms with Gasteiger partial charge in [0.05, 0.1) is 19.8 Å². The first-order valence-electron chi connectivity index (χ1n) is 6.84. The Balaban J connectivity index is 2.05. The van der Waals surface area contributed by atoms with E-state index in [1.165, 1.54) is 7.11 Å². The van der Waals surface area contributed by atoms with Gasteiger partial charge in [0.15, 0.2) is 0 Å². The molecule has 0 spiro atoms. The van der Waals surface area contributed by atoms with Crippen molar-refractivity contribution >= 4 is 5.91 Å². The van der Waals surface area contributed by atoms with Crippen molar-refractivity contribution in [2.24, 2.45) is 11.7 Å². The zero-order chi connectivity index (χ0) is 14.5.